The minimum atomic E-state index is -0.499. The van der Waals surface area contributed by atoms with Gasteiger partial charge in [0.1, 0.15) is 11.6 Å². The van der Waals surface area contributed by atoms with Crippen molar-refractivity contribution in [2.45, 2.75) is 19.8 Å². The third-order valence-electron chi connectivity index (χ3n) is 2.34. The first-order valence-corrected chi connectivity index (χ1v) is 5.71. The number of rotatable bonds is 4. The average Bonchev–Trinajstić information content (AvgIpc) is 2.79. The van der Waals surface area contributed by atoms with Gasteiger partial charge in [-0.15, -0.1) is 0 Å². The molecule has 1 heterocycles. The molecule has 0 saturated carbocycles. The van der Waals surface area contributed by atoms with Crippen LogP contribution in [0.5, 0.6) is 0 Å². The lowest BCUT2D eigenvalue weighted by Gasteiger charge is -1.96. The van der Waals surface area contributed by atoms with Crippen LogP contribution in [0.3, 0.4) is 0 Å². The van der Waals surface area contributed by atoms with Gasteiger partial charge in [0.25, 0.3) is 0 Å². The Balaban J connectivity index is 2.18. The number of carbonyl (C=O) groups is 1. The zero-order chi connectivity index (χ0) is 13.1. The molecule has 0 aliphatic carbocycles. The van der Waals surface area contributed by atoms with E-state index in [1.54, 1.807) is 0 Å². The minimum absolute atomic E-state index is 0.00239. The van der Waals surface area contributed by atoms with Crippen molar-refractivity contribution >= 4 is 17.4 Å². The van der Waals surface area contributed by atoms with Crippen LogP contribution < -0.4 is 0 Å². The van der Waals surface area contributed by atoms with Crippen molar-refractivity contribution in [3.63, 3.8) is 0 Å². The van der Waals surface area contributed by atoms with Crippen LogP contribution in [0.25, 0.3) is 11.4 Å². The first-order chi connectivity index (χ1) is 8.56. The molecule has 1 aromatic heterocycles. The largest absolute Gasteiger partial charge is 0.339 e. The fraction of sp³-hybridized carbons (Fsp3) is 0.250. The SMILES string of the molecule is CC(=O)CCc1nc(-c2ccc(F)c(Cl)c2)no1. The molecule has 6 heteroatoms. The quantitative estimate of drug-likeness (QED) is 0.855. The third-order valence-corrected chi connectivity index (χ3v) is 2.63. The summed E-state index contributed by atoms with van der Waals surface area (Å²) in [5, 5.41) is 3.76. The summed E-state index contributed by atoms with van der Waals surface area (Å²) in [6.45, 7) is 1.50. The van der Waals surface area contributed by atoms with Crippen molar-refractivity contribution in [2.75, 3.05) is 0 Å². The van der Waals surface area contributed by atoms with Gasteiger partial charge in [-0.25, -0.2) is 4.39 Å². The van der Waals surface area contributed by atoms with E-state index in [0.29, 0.717) is 30.1 Å². The second kappa shape index (κ2) is 5.27. The smallest absolute Gasteiger partial charge is 0.227 e. The second-order valence-corrected chi connectivity index (χ2v) is 4.25. The number of hydrogen-bond acceptors (Lipinski definition) is 4. The predicted octanol–water partition coefficient (Wildman–Crippen LogP) is 3.05. The molecule has 18 heavy (non-hydrogen) atoms. The molecule has 0 aliphatic heterocycles. The lowest BCUT2D eigenvalue weighted by Crippen LogP contribution is -1.94. The summed E-state index contributed by atoms with van der Waals surface area (Å²) in [6, 6.07) is 4.18. The van der Waals surface area contributed by atoms with E-state index in [1.807, 2.05) is 0 Å². The normalized spacial score (nSPS) is 10.6. The highest BCUT2D eigenvalue weighted by Gasteiger charge is 2.11. The lowest BCUT2D eigenvalue weighted by molar-refractivity contribution is -0.117. The second-order valence-electron chi connectivity index (χ2n) is 3.84. The van der Waals surface area contributed by atoms with Crippen molar-refractivity contribution in [2.24, 2.45) is 0 Å². The molecule has 94 valence electrons. The van der Waals surface area contributed by atoms with Gasteiger partial charge < -0.3 is 9.32 Å². The molecule has 0 unspecified atom stereocenters. The molecule has 2 aromatic rings. The Morgan fingerprint density at radius 2 is 2.28 bits per heavy atom. The maximum absolute atomic E-state index is 13.0. The van der Waals surface area contributed by atoms with Crippen LogP contribution in [0.2, 0.25) is 5.02 Å². The van der Waals surface area contributed by atoms with E-state index < -0.39 is 5.82 Å². The molecule has 0 radical (unpaired) electrons. The molecule has 0 atom stereocenters. The number of ketones is 1. The number of aryl methyl sites for hydroxylation is 1. The van der Waals surface area contributed by atoms with Gasteiger partial charge in [-0.05, 0) is 25.1 Å². The van der Waals surface area contributed by atoms with Gasteiger partial charge in [0.05, 0.1) is 5.02 Å². The molecular weight excluding hydrogens is 259 g/mol. The Kier molecular flexibility index (Phi) is 3.72. The van der Waals surface area contributed by atoms with Gasteiger partial charge in [0, 0.05) is 18.4 Å². The predicted molar refractivity (Wildman–Crippen MR) is 63.7 cm³/mol. The van der Waals surface area contributed by atoms with Crippen LogP contribution in [-0.4, -0.2) is 15.9 Å². The Labute approximate surface area is 108 Å². The molecule has 0 saturated heterocycles. The molecule has 0 aliphatic rings. The summed E-state index contributed by atoms with van der Waals surface area (Å²) in [4.78, 5) is 14.9. The fourth-order valence-electron chi connectivity index (χ4n) is 1.39. The van der Waals surface area contributed by atoms with Gasteiger partial charge >= 0.3 is 0 Å². The number of benzene rings is 1. The number of Topliss-reactive ketones (excluding diaryl/α,β-unsaturated/α-hetero) is 1. The van der Waals surface area contributed by atoms with E-state index in [1.165, 1.54) is 25.1 Å². The summed E-state index contributed by atoms with van der Waals surface area (Å²) >= 11 is 5.67. The Morgan fingerprint density at radius 1 is 1.50 bits per heavy atom. The first-order valence-electron chi connectivity index (χ1n) is 5.33. The van der Waals surface area contributed by atoms with E-state index in [4.69, 9.17) is 16.1 Å². The summed E-state index contributed by atoms with van der Waals surface area (Å²) in [5.74, 6) is 0.261. The molecule has 0 amide bonds. The van der Waals surface area contributed by atoms with Crippen LogP contribution in [0, 0.1) is 5.82 Å². The van der Waals surface area contributed by atoms with E-state index in [-0.39, 0.29) is 10.8 Å². The number of carbonyl (C=O) groups excluding carboxylic acids is 1. The molecule has 2 rings (SSSR count). The van der Waals surface area contributed by atoms with Crippen LogP contribution in [0.15, 0.2) is 22.7 Å². The Bertz CT molecular complexity index is 583. The maximum Gasteiger partial charge on any atom is 0.227 e. The number of halogens is 2. The third kappa shape index (κ3) is 2.92. The first kappa shape index (κ1) is 12.7. The van der Waals surface area contributed by atoms with Crippen molar-refractivity contribution in [3.05, 3.63) is 34.9 Å². The lowest BCUT2D eigenvalue weighted by atomic mass is 10.2. The standard InChI is InChI=1S/C12H10ClFN2O2/c1-7(17)2-5-11-15-12(16-18-11)8-3-4-10(14)9(13)6-8/h3-4,6H,2,5H2,1H3. The zero-order valence-electron chi connectivity index (χ0n) is 9.61. The molecule has 0 bridgehead atoms. The Morgan fingerprint density at radius 3 is 2.94 bits per heavy atom. The monoisotopic (exact) mass is 268 g/mol. The summed E-state index contributed by atoms with van der Waals surface area (Å²) in [5.41, 5.74) is 0.569. The molecule has 1 aromatic carbocycles. The van der Waals surface area contributed by atoms with E-state index in [0.717, 1.165) is 0 Å². The van der Waals surface area contributed by atoms with Crippen molar-refractivity contribution in [1.82, 2.24) is 10.1 Å². The highest BCUT2D eigenvalue weighted by Crippen LogP contribution is 2.22. The molecule has 0 spiro atoms. The summed E-state index contributed by atoms with van der Waals surface area (Å²) < 4.78 is 18.0. The van der Waals surface area contributed by atoms with Gasteiger partial charge in [-0.3, -0.25) is 0 Å². The van der Waals surface area contributed by atoms with E-state index in [2.05, 4.69) is 10.1 Å². The Hall–Kier alpha value is -1.75. The summed E-state index contributed by atoms with van der Waals surface area (Å²) in [6.07, 6.45) is 0.753. The van der Waals surface area contributed by atoms with Gasteiger partial charge in [-0.1, -0.05) is 16.8 Å². The number of aromatic nitrogens is 2. The highest BCUT2D eigenvalue weighted by atomic mass is 35.5. The van der Waals surface area contributed by atoms with Crippen molar-refractivity contribution in [1.29, 1.82) is 0 Å². The number of hydrogen-bond donors (Lipinski definition) is 0. The van der Waals surface area contributed by atoms with E-state index >= 15 is 0 Å². The average molecular weight is 269 g/mol. The molecular formula is C12H10ClFN2O2. The maximum atomic E-state index is 13.0. The van der Waals surface area contributed by atoms with Crippen LogP contribution in [0.4, 0.5) is 4.39 Å². The van der Waals surface area contributed by atoms with Crippen LogP contribution in [-0.2, 0) is 11.2 Å². The van der Waals surface area contributed by atoms with Gasteiger partial charge in [-0.2, -0.15) is 4.98 Å². The van der Waals surface area contributed by atoms with Crippen LogP contribution in [0.1, 0.15) is 19.2 Å². The topological polar surface area (TPSA) is 56.0 Å². The van der Waals surface area contributed by atoms with Gasteiger partial charge in [0.15, 0.2) is 0 Å². The number of nitrogens with zero attached hydrogens (tertiary/aromatic N) is 2. The molecule has 0 N–H and O–H groups in total. The molecule has 4 nitrogen and oxygen atoms in total. The van der Waals surface area contributed by atoms with Gasteiger partial charge in [0.2, 0.25) is 11.7 Å². The highest BCUT2D eigenvalue weighted by molar-refractivity contribution is 6.31. The van der Waals surface area contributed by atoms with Crippen molar-refractivity contribution in [3.8, 4) is 11.4 Å². The fourth-order valence-corrected chi connectivity index (χ4v) is 1.57. The minimum Gasteiger partial charge on any atom is -0.339 e. The summed E-state index contributed by atoms with van der Waals surface area (Å²) in [7, 11) is 0. The van der Waals surface area contributed by atoms with Crippen molar-refractivity contribution < 1.29 is 13.7 Å². The zero-order valence-corrected chi connectivity index (χ0v) is 10.4. The molecule has 0 fully saturated rings. The van der Waals surface area contributed by atoms with Crippen LogP contribution >= 0.6 is 11.6 Å². The van der Waals surface area contributed by atoms with E-state index in [9.17, 15) is 9.18 Å².